The Balaban J connectivity index is 2.36. The van der Waals surface area contributed by atoms with Gasteiger partial charge < -0.3 is 4.74 Å². The minimum absolute atomic E-state index is 0.633. The van der Waals surface area contributed by atoms with Crippen LogP contribution in [0.2, 0.25) is 0 Å². The highest BCUT2D eigenvalue weighted by Gasteiger charge is 2.13. The molecule has 1 aliphatic carbocycles. The van der Waals surface area contributed by atoms with Crippen molar-refractivity contribution in [2.24, 2.45) is 0 Å². The van der Waals surface area contributed by atoms with Crippen molar-refractivity contribution in [2.45, 2.75) is 39.2 Å². The van der Waals surface area contributed by atoms with Crippen LogP contribution in [0, 0.1) is 6.92 Å². The summed E-state index contributed by atoms with van der Waals surface area (Å²) in [7, 11) is 1.72. The molecule has 76 valence electrons. The molecule has 14 heavy (non-hydrogen) atoms. The Bertz CT molecular complexity index is 333. The number of aromatic nitrogens is 1. The molecule has 0 N–H and O–H groups in total. The lowest BCUT2D eigenvalue weighted by Crippen LogP contribution is -2.09. The van der Waals surface area contributed by atoms with Gasteiger partial charge >= 0.3 is 0 Å². The molecule has 1 heterocycles. The summed E-state index contributed by atoms with van der Waals surface area (Å²) in [4.78, 5) is 4.64. The van der Waals surface area contributed by atoms with E-state index in [1.807, 2.05) is 0 Å². The van der Waals surface area contributed by atoms with Crippen LogP contribution in [0.15, 0.2) is 6.07 Å². The average Bonchev–Trinajstić information content (AvgIpc) is 2.18. The van der Waals surface area contributed by atoms with Crippen LogP contribution in [0.5, 0.6) is 0 Å². The predicted octanol–water partition coefficient (Wildman–Crippen LogP) is 2.42. The van der Waals surface area contributed by atoms with Crippen molar-refractivity contribution in [1.82, 2.24) is 4.98 Å². The SMILES string of the molecule is COCc1cc(C)c2c(n1)CCCC2. The molecule has 0 saturated carbocycles. The van der Waals surface area contributed by atoms with E-state index in [0.29, 0.717) is 6.61 Å². The molecule has 0 bridgehead atoms. The van der Waals surface area contributed by atoms with Crippen LogP contribution in [-0.4, -0.2) is 12.1 Å². The molecule has 2 rings (SSSR count). The van der Waals surface area contributed by atoms with Crippen LogP contribution in [0.25, 0.3) is 0 Å². The van der Waals surface area contributed by atoms with Gasteiger partial charge in [0.25, 0.3) is 0 Å². The number of pyridine rings is 1. The number of aryl methyl sites for hydroxylation is 2. The highest BCUT2D eigenvalue weighted by Crippen LogP contribution is 2.23. The van der Waals surface area contributed by atoms with Crippen LogP contribution in [0.3, 0.4) is 0 Å². The third kappa shape index (κ3) is 1.80. The zero-order chi connectivity index (χ0) is 9.97. The molecule has 0 amide bonds. The first-order valence-corrected chi connectivity index (χ1v) is 5.28. The van der Waals surface area contributed by atoms with E-state index < -0.39 is 0 Å². The fraction of sp³-hybridized carbons (Fsp3) is 0.583. The van der Waals surface area contributed by atoms with Gasteiger partial charge in [0, 0.05) is 12.8 Å². The van der Waals surface area contributed by atoms with Gasteiger partial charge in [-0.1, -0.05) is 0 Å². The molecule has 0 fully saturated rings. The summed E-state index contributed by atoms with van der Waals surface area (Å²) < 4.78 is 5.11. The standard InChI is InChI=1S/C12H17NO/c1-9-7-10(8-14-2)13-12-6-4-3-5-11(9)12/h7H,3-6,8H2,1-2H3. The molecular formula is C12H17NO. The second kappa shape index (κ2) is 4.09. The van der Waals surface area contributed by atoms with Gasteiger partial charge in [0.1, 0.15) is 0 Å². The number of nitrogens with zero attached hydrogens (tertiary/aromatic N) is 1. The van der Waals surface area contributed by atoms with E-state index >= 15 is 0 Å². The smallest absolute Gasteiger partial charge is 0.0884 e. The molecule has 1 aliphatic rings. The van der Waals surface area contributed by atoms with Gasteiger partial charge in [-0.25, -0.2) is 0 Å². The minimum Gasteiger partial charge on any atom is -0.378 e. The summed E-state index contributed by atoms with van der Waals surface area (Å²) in [6.45, 7) is 2.82. The maximum Gasteiger partial charge on any atom is 0.0884 e. The van der Waals surface area contributed by atoms with Gasteiger partial charge in [-0.15, -0.1) is 0 Å². The summed E-state index contributed by atoms with van der Waals surface area (Å²) in [5, 5.41) is 0. The van der Waals surface area contributed by atoms with Gasteiger partial charge in [0.15, 0.2) is 0 Å². The Kier molecular flexibility index (Phi) is 2.82. The maximum absolute atomic E-state index is 5.11. The van der Waals surface area contributed by atoms with Crippen LogP contribution < -0.4 is 0 Å². The fourth-order valence-electron chi connectivity index (χ4n) is 2.20. The topological polar surface area (TPSA) is 22.1 Å². The van der Waals surface area contributed by atoms with E-state index in [9.17, 15) is 0 Å². The Morgan fingerprint density at radius 1 is 1.36 bits per heavy atom. The third-order valence-electron chi connectivity index (χ3n) is 2.87. The quantitative estimate of drug-likeness (QED) is 0.716. The van der Waals surface area contributed by atoms with Crippen LogP contribution in [0.1, 0.15) is 35.4 Å². The normalized spacial score (nSPS) is 15.3. The second-order valence-corrected chi connectivity index (χ2v) is 4.00. The number of methoxy groups -OCH3 is 1. The van der Waals surface area contributed by atoms with E-state index in [1.54, 1.807) is 7.11 Å². The molecule has 2 heteroatoms. The molecule has 0 spiro atoms. The largest absolute Gasteiger partial charge is 0.378 e. The number of fused-ring (bicyclic) bond motifs is 1. The lowest BCUT2D eigenvalue weighted by molar-refractivity contribution is 0.181. The Morgan fingerprint density at radius 2 is 2.14 bits per heavy atom. The number of hydrogen-bond acceptors (Lipinski definition) is 2. The molecule has 1 aromatic heterocycles. The summed E-state index contributed by atoms with van der Waals surface area (Å²) in [5.41, 5.74) is 5.26. The van der Waals surface area contributed by atoms with Gasteiger partial charge in [-0.05, 0) is 49.8 Å². The molecular weight excluding hydrogens is 174 g/mol. The Morgan fingerprint density at radius 3 is 2.93 bits per heavy atom. The van der Waals surface area contributed by atoms with Crippen LogP contribution in [0.4, 0.5) is 0 Å². The van der Waals surface area contributed by atoms with Crippen LogP contribution in [-0.2, 0) is 24.2 Å². The van der Waals surface area contributed by atoms with Gasteiger partial charge in [0.05, 0.1) is 12.3 Å². The van der Waals surface area contributed by atoms with Crippen molar-refractivity contribution in [3.63, 3.8) is 0 Å². The zero-order valence-electron chi connectivity index (χ0n) is 8.97. The molecule has 0 radical (unpaired) electrons. The van der Waals surface area contributed by atoms with Gasteiger partial charge in [-0.3, -0.25) is 4.98 Å². The fourth-order valence-corrected chi connectivity index (χ4v) is 2.20. The lowest BCUT2D eigenvalue weighted by atomic mass is 9.92. The van der Waals surface area contributed by atoms with Crippen LogP contribution >= 0.6 is 0 Å². The second-order valence-electron chi connectivity index (χ2n) is 4.00. The van der Waals surface area contributed by atoms with E-state index in [0.717, 1.165) is 12.1 Å². The van der Waals surface area contributed by atoms with Gasteiger partial charge in [0.2, 0.25) is 0 Å². The average molecular weight is 191 g/mol. The lowest BCUT2D eigenvalue weighted by Gasteiger charge is -2.18. The van der Waals surface area contributed by atoms with E-state index in [1.165, 1.54) is 36.1 Å². The number of rotatable bonds is 2. The van der Waals surface area contributed by atoms with Crippen molar-refractivity contribution in [3.05, 3.63) is 28.6 Å². The molecule has 2 nitrogen and oxygen atoms in total. The molecule has 0 unspecified atom stereocenters. The van der Waals surface area contributed by atoms with E-state index in [4.69, 9.17) is 4.74 Å². The van der Waals surface area contributed by atoms with Crippen molar-refractivity contribution >= 4 is 0 Å². The highest BCUT2D eigenvalue weighted by molar-refractivity contribution is 5.33. The highest BCUT2D eigenvalue weighted by atomic mass is 16.5. The van der Waals surface area contributed by atoms with Gasteiger partial charge in [-0.2, -0.15) is 0 Å². The van der Waals surface area contributed by atoms with E-state index in [2.05, 4.69) is 18.0 Å². The number of ether oxygens (including phenoxy) is 1. The first kappa shape index (κ1) is 9.66. The third-order valence-corrected chi connectivity index (χ3v) is 2.87. The molecule has 1 aromatic rings. The Labute approximate surface area is 85.3 Å². The van der Waals surface area contributed by atoms with Crippen molar-refractivity contribution in [2.75, 3.05) is 7.11 Å². The summed E-state index contributed by atoms with van der Waals surface area (Å²) >= 11 is 0. The molecule has 0 saturated heterocycles. The van der Waals surface area contributed by atoms with Crippen molar-refractivity contribution in [3.8, 4) is 0 Å². The monoisotopic (exact) mass is 191 g/mol. The van der Waals surface area contributed by atoms with Crippen molar-refractivity contribution in [1.29, 1.82) is 0 Å². The first-order valence-electron chi connectivity index (χ1n) is 5.28. The zero-order valence-corrected chi connectivity index (χ0v) is 8.97. The summed E-state index contributed by atoms with van der Waals surface area (Å²) in [5.74, 6) is 0. The minimum atomic E-state index is 0.633. The number of hydrogen-bond donors (Lipinski definition) is 0. The summed E-state index contributed by atoms with van der Waals surface area (Å²) in [6.07, 6.45) is 4.96. The van der Waals surface area contributed by atoms with Crippen molar-refractivity contribution < 1.29 is 4.74 Å². The maximum atomic E-state index is 5.11. The molecule has 0 aromatic carbocycles. The first-order chi connectivity index (χ1) is 6.81. The summed E-state index contributed by atoms with van der Waals surface area (Å²) in [6, 6.07) is 2.16. The Hall–Kier alpha value is -0.890. The van der Waals surface area contributed by atoms with E-state index in [-0.39, 0.29) is 0 Å². The molecule has 0 atom stereocenters. The molecule has 0 aliphatic heterocycles. The predicted molar refractivity (Wildman–Crippen MR) is 56.3 cm³/mol.